The predicted molar refractivity (Wildman–Crippen MR) is 92.1 cm³/mol. The van der Waals surface area contributed by atoms with Gasteiger partial charge in [0.25, 0.3) is 5.95 Å². The van der Waals surface area contributed by atoms with E-state index in [1.165, 1.54) is 10.9 Å². The molecule has 0 aliphatic carbocycles. The van der Waals surface area contributed by atoms with E-state index in [0.29, 0.717) is 70.5 Å². The van der Waals surface area contributed by atoms with Crippen LogP contribution in [0, 0.1) is 11.3 Å². The van der Waals surface area contributed by atoms with Crippen LogP contribution in [0.4, 0.5) is 17.7 Å². The molecule has 0 spiro atoms. The lowest BCUT2D eigenvalue weighted by molar-refractivity contribution is 0.121. The zero-order valence-corrected chi connectivity index (χ0v) is 14.2. The van der Waals surface area contributed by atoms with Gasteiger partial charge in [-0.25, -0.2) is 0 Å². The predicted octanol–water partition coefficient (Wildman–Crippen LogP) is -0.816. The number of nitriles is 1. The first kappa shape index (κ1) is 16.5. The summed E-state index contributed by atoms with van der Waals surface area (Å²) in [5.41, 5.74) is 6.30. The highest BCUT2D eigenvalue weighted by Gasteiger charge is 2.22. The molecular weight excluding hydrogens is 338 g/mol. The van der Waals surface area contributed by atoms with Crippen LogP contribution in [0.2, 0.25) is 0 Å². The Morgan fingerprint density at radius 3 is 1.85 bits per heavy atom. The number of rotatable bonds is 3. The molecule has 11 heteroatoms. The van der Waals surface area contributed by atoms with Gasteiger partial charge in [0, 0.05) is 26.2 Å². The fourth-order valence-electron chi connectivity index (χ4n) is 2.85. The molecule has 4 rings (SSSR count). The van der Waals surface area contributed by atoms with Gasteiger partial charge in [0.2, 0.25) is 11.9 Å². The average Bonchev–Trinajstić information content (AvgIpc) is 3.09. The van der Waals surface area contributed by atoms with Crippen molar-refractivity contribution in [2.24, 2.45) is 0 Å². The number of aromatic nitrogens is 5. The third-order valence-electron chi connectivity index (χ3n) is 4.30. The van der Waals surface area contributed by atoms with Gasteiger partial charge >= 0.3 is 0 Å². The second-order valence-electron chi connectivity index (χ2n) is 5.90. The Kier molecular flexibility index (Phi) is 4.51. The summed E-state index contributed by atoms with van der Waals surface area (Å²) < 4.78 is 12.2. The van der Waals surface area contributed by atoms with Crippen LogP contribution in [0.15, 0.2) is 6.20 Å². The molecule has 0 radical (unpaired) electrons. The van der Waals surface area contributed by atoms with Gasteiger partial charge in [0.05, 0.1) is 32.6 Å². The zero-order chi connectivity index (χ0) is 17.9. The smallest absolute Gasteiger partial charge is 0.259 e. The fraction of sp³-hybridized carbons (Fsp3) is 0.533. The Bertz CT molecular complexity index is 783. The first-order valence-electron chi connectivity index (χ1n) is 8.41. The van der Waals surface area contributed by atoms with E-state index in [0.717, 1.165) is 0 Å². The van der Waals surface area contributed by atoms with Crippen LogP contribution in [0.1, 0.15) is 5.56 Å². The molecule has 2 aromatic heterocycles. The SMILES string of the molecule is N#Cc1cnn(-c2nc(N3CCOCC3)nc(N3CCOCC3)n2)c1N. The first-order chi connectivity index (χ1) is 12.8. The Balaban J connectivity index is 1.76. The van der Waals surface area contributed by atoms with Crippen molar-refractivity contribution in [3.05, 3.63) is 11.8 Å². The second kappa shape index (κ2) is 7.11. The molecule has 2 N–H and O–H groups in total. The Labute approximate surface area is 150 Å². The molecule has 0 saturated carbocycles. The molecule has 0 atom stereocenters. The summed E-state index contributed by atoms with van der Waals surface area (Å²) in [5, 5.41) is 13.3. The summed E-state index contributed by atoms with van der Waals surface area (Å²) in [6.45, 7) is 5.28. The minimum absolute atomic E-state index is 0.208. The Morgan fingerprint density at radius 2 is 1.38 bits per heavy atom. The highest BCUT2D eigenvalue weighted by Crippen LogP contribution is 2.20. The minimum Gasteiger partial charge on any atom is -0.382 e. The summed E-state index contributed by atoms with van der Waals surface area (Å²) in [7, 11) is 0. The number of morpholine rings is 2. The van der Waals surface area contributed by atoms with Gasteiger partial charge in [0.1, 0.15) is 17.5 Å². The lowest BCUT2D eigenvalue weighted by Crippen LogP contribution is -2.40. The summed E-state index contributed by atoms with van der Waals surface area (Å²) in [4.78, 5) is 17.8. The van der Waals surface area contributed by atoms with Gasteiger partial charge in [-0.15, -0.1) is 0 Å². The van der Waals surface area contributed by atoms with Crippen LogP contribution in [0.25, 0.3) is 5.95 Å². The van der Waals surface area contributed by atoms with Crippen molar-refractivity contribution >= 4 is 17.7 Å². The molecular formula is C15H19N9O2. The zero-order valence-electron chi connectivity index (χ0n) is 14.2. The number of anilines is 3. The van der Waals surface area contributed by atoms with Crippen molar-refractivity contribution in [3.63, 3.8) is 0 Å². The van der Waals surface area contributed by atoms with E-state index in [9.17, 15) is 0 Å². The lowest BCUT2D eigenvalue weighted by Gasteiger charge is -2.30. The van der Waals surface area contributed by atoms with Gasteiger partial charge in [-0.05, 0) is 0 Å². The van der Waals surface area contributed by atoms with Crippen molar-refractivity contribution in [3.8, 4) is 12.0 Å². The summed E-state index contributed by atoms with van der Waals surface area (Å²) in [6.07, 6.45) is 1.40. The van der Waals surface area contributed by atoms with E-state index in [1.807, 2.05) is 15.9 Å². The van der Waals surface area contributed by atoms with E-state index in [4.69, 9.17) is 20.5 Å². The number of hydrogen-bond donors (Lipinski definition) is 1. The molecule has 2 fully saturated rings. The van der Waals surface area contributed by atoms with Crippen molar-refractivity contribution < 1.29 is 9.47 Å². The van der Waals surface area contributed by atoms with Gasteiger partial charge < -0.3 is 25.0 Å². The molecule has 136 valence electrons. The third-order valence-corrected chi connectivity index (χ3v) is 4.30. The van der Waals surface area contributed by atoms with Crippen LogP contribution in [-0.2, 0) is 9.47 Å². The Morgan fingerprint density at radius 1 is 0.885 bits per heavy atom. The van der Waals surface area contributed by atoms with Crippen LogP contribution < -0.4 is 15.5 Å². The third kappa shape index (κ3) is 3.12. The average molecular weight is 357 g/mol. The number of nitrogens with two attached hydrogens (primary N) is 1. The van der Waals surface area contributed by atoms with Crippen molar-refractivity contribution in [1.82, 2.24) is 24.7 Å². The molecule has 2 aromatic rings. The van der Waals surface area contributed by atoms with Crippen LogP contribution in [0.3, 0.4) is 0 Å². The standard InChI is InChI=1S/C15H19N9O2/c16-9-11-10-18-24(12(11)17)15-20-13(22-1-5-25-6-2-22)19-14(21-15)23-3-7-26-8-4-23/h10H,1-8,17H2. The molecule has 2 aliphatic rings. The highest BCUT2D eigenvalue weighted by molar-refractivity contribution is 5.52. The molecule has 0 bridgehead atoms. The molecule has 0 unspecified atom stereocenters. The fourth-order valence-corrected chi connectivity index (χ4v) is 2.85. The van der Waals surface area contributed by atoms with Gasteiger partial charge in [-0.1, -0.05) is 0 Å². The first-order valence-corrected chi connectivity index (χ1v) is 8.41. The van der Waals surface area contributed by atoms with Gasteiger partial charge in [0.15, 0.2) is 0 Å². The summed E-state index contributed by atoms with van der Waals surface area (Å²) >= 11 is 0. The summed E-state index contributed by atoms with van der Waals surface area (Å²) in [6, 6.07) is 2.01. The second-order valence-corrected chi connectivity index (χ2v) is 5.90. The quantitative estimate of drug-likeness (QED) is 0.743. The van der Waals surface area contributed by atoms with Crippen LogP contribution in [0.5, 0.6) is 0 Å². The van der Waals surface area contributed by atoms with Crippen molar-refractivity contribution in [1.29, 1.82) is 5.26 Å². The van der Waals surface area contributed by atoms with E-state index >= 15 is 0 Å². The maximum Gasteiger partial charge on any atom is 0.259 e. The highest BCUT2D eigenvalue weighted by atomic mass is 16.5. The Hall–Kier alpha value is -2.97. The molecule has 0 amide bonds. The molecule has 11 nitrogen and oxygen atoms in total. The number of hydrogen-bond acceptors (Lipinski definition) is 10. The van der Waals surface area contributed by atoms with E-state index in [1.54, 1.807) is 0 Å². The van der Waals surface area contributed by atoms with Gasteiger partial charge in [-0.3, -0.25) is 0 Å². The van der Waals surface area contributed by atoms with E-state index in [2.05, 4.69) is 20.1 Å². The van der Waals surface area contributed by atoms with Crippen molar-refractivity contribution in [2.75, 3.05) is 68.1 Å². The van der Waals surface area contributed by atoms with Crippen LogP contribution in [-0.4, -0.2) is 77.3 Å². The summed E-state index contributed by atoms with van der Waals surface area (Å²) in [5.74, 6) is 1.60. The van der Waals surface area contributed by atoms with Crippen LogP contribution >= 0.6 is 0 Å². The lowest BCUT2D eigenvalue weighted by atomic mass is 10.4. The number of nitrogen functional groups attached to an aromatic ring is 1. The molecule has 2 aliphatic heterocycles. The minimum atomic E-state index is 0.208. The molecule has 4 heterocycles. The number of ether oxygens (including phenoxy) is 2. The monoisotopic (exact) mass is 357 g/mol. The maximum atomic E-state index is 9.11. The normalized spacial score (nSPS) is 18.0. The van der Waals surface area contributed by atoms with E-state index in [-0.39, 0.29) is 11.4 Å². The molecule has 26 heavy (non-hydrogen) atoms. The maximum absolute atomic E-state index is 9.11. The van der Waals surface area contributed by atoms with Gasteiger partial charge in [-0.2, -0.15) is 30.0 Å². The molecule has 0 aromatic carbocycles. The van der Waals surface area contributed by atoms with E-state index < -0.39 is 0 Å². The molecule has 2 saturated heterocycles. The topological polar surface area (TPSA) is 131 Å². The largest absolute Gasteiger partial charge is 0.382 e. The number of nitrogens with zero attached hydrogens (tertiary/aromatic N) is 8. The van der Waals surface area contributed by atoms with Crippen molar-refractivity contribution in [2.45, 2.75) is 0 Å².